The van der Waals surface area contributed by atoms with Crippen molar-refractivity contribution in [2.45, 2.75) is 19.4 Å². The van der Waals surface area contributed by atoms with Gasteiger partial charge in [-0.05, 0) is 26.0 Å². The van der Waals surface area contributed by atoms with E-state index < -0.39 is 23.4 Å². The van der Waals surface area contributed by atoms with Crippen LogP contribution in [0.4, 0.5) is 16.2 Å². The number of anilines is 2. The van der Waals surface area contributed by atoms with Gasteiger partial charge in [0.1, 0.15) is 5.54 Å². The predicted molar refractivity (Wildman–Crippen MR) is 73.2 cm³/mol. The molecule has 3 amide bonds. The van der Waals surface area contributed by atoms with Crippen molar-refractivity contribution in [1.29, 1.82) is 0 Å². The summed E-state index contributed by atoms with van der Waals surface area (Å²) < 4.78 is 0. The van der Waals surface area contributed by atoms with E-state index in [0.29, 0.717) is 0 Å². The first-order valence-electron chi connectivity index (χ1n) is 5.66. The minimum atomic E-state index is -1.36. The third-order valence-corrected chi connectivity index (χ3v) is 2.61. The maximum Gasteiger partial charge on any atom is 0.405 e. The Morgan fingerprint density at radius 1 is 1.25 bits per heavy atom. The lowest BCUT2D eigenvalue weighted by Crippen LogP contribution is -2.52. The fourth-order valence-electron chi connectivity index (χ4n) is 1.49. The van der Waals surface area contributed by atoms with Crippen LogP contribution in [0.15, 0.2) is 18.2 Å². The topological polar surface area (TPSA) is 148 Å². The molecule has 1 aromatic rings. The maximum absolute atomic E-state index is 12.0. The summed E-state index contributed by atoms with van der Waals surface area (Å²) in [4.78, 5) is 33.7. The van der Waals surface area contributed by atoms with Crippen LogP contribution >= 0.6 is 0 Å². The van der Waals surface area contributed by atoms with E-state index >= 15 is 0 Å². The SMILES string of the molecule is CC(C)(NC(=O)O)C(=O)Nc1cccc(C(N)=O)c1N. The molecule has 0 saturated heterocycles. The maximum atomic E-state index is 12.0. The number of carbonyl (C=O) groups is 3. The third kappa shape index (κ3) is 3.37. The van der Waals surface area contributed by atoms with Gasteiger partial charge in [0.05, 0.1) is 16.9 Å². The number of rotatable bonds is 4. The van der Waals surface area contributed by atoms with Gasteiger partial charge in [0.25, 0.3) is 5.91 Å². The molecule has 0 saturated carbocycles. The van der Waals surface area contributed by atoms with Crippen LogP contribution in [-0.2, 0) is 4.79 Å². The molecule has 1 rings (SSSR count). The summed E-state index contributed by atoms with van der Waals surface area (Å²) in [5, 5.41) is 13.2. The van der Waals surface area contributed by atoms with Crippen molar-refractivity contribution in [2.75, 3.05) is 11.1 Å². The Morgan fingerprint density at radius 3 is 2.35 bits per heavy atom. The van der Waals surface area contributed by atoms with Crippen molar-refractivity contribution in [2.24, 2.45) is 5.73 Å². The molecule has 8 heteroatoms. The van der Waals surface area contributed by atoms with E-state index in [2.05, 4.69) is 10.6 Å². The van der Waals surface area contributed by atoms with Gasteiger partial charge in [-0.2, -0.15) is 0 Å². The van der Waals surface area contributed by atoms with Crippen molar-refractivity contribution < 1.29 is 19.5 Å². The molecule has 108 valence electrons. The Morgan fingerprint density at radius 2 is 1.85 bits per heavy atom. The first-order valence-corrected chi connectivity index (χ1v) is 5.66. The van der Waals surface area contributed by atoms with Gasteiger partial charge in [-0.25, -0.2) is 4.79 Å². The molecular formula is C12H16N4O4. The second-order valence-corrected chi connectivity index (χ2v) is 4.64. The van der Waals surface area contributed by atoms with Crippen molar-refractivity contribution in [3.63, 3.8) is 0 Å². The van der Waals surface area contributed by atoms with Crippen LogP contribution in [0.2, 0.25) is 0 Å². The minimum Gasteiger partial charge on any atom is -0.465 e. The number of para-hydroxylation sites is 1. The van der Waals surface area contributed by atoms with Gasteiger partial charge in [0, 0.05) is 0 Å². The molecule has 0 spiro atoms. The Labute approximate surface area is 115 Å². The molecule has 0 bridgehead atoms. The highest BCUT2D eigenvalue weighted by Crippen LogP contribution is 2.23. The molecule has 0 aliphatic rings. The molecule has 1 aromatic carbocycles. The first-order chi connectivity index (χ1) is 9.15. The number of carboxylic acid groups (broad SMARTS) is 1. The summed E-state index contributed by atoms with van der Waals surface area (Å²) in [6, 6.07) is 4.41. The molecule has 0 fully saturated rings. The molecule has 0 unspecified atom stereocenters. The van der Waals surface area contributed by atoms with Crippen LogP contribution in [0.5, 0.6) is 0 Å². The lowest BCUT2D eigenvalue weighted by atomic mass is 10.0. The molecule has 0 atom stereocenters. The molecule has 0 aliphatic carbocycles. The second-order valence-electron chi connectivity index (χ2n) is 4.64. The van der Waals surface area contributed by atoms with E-state index in [1.165, 1.54) is 32.0 Å². The van der Waals surface area contributed by atoms with Crippen molar-refractivity contribution in [1.82, 2.24) is 5.32 Å². The number of amides is 3. The van der Waals surface area contributed by atoms with Crippen LogP contribution < -0.4 is 22.1 Å². The van der Waals surface area contributed by atoms with Gasteiger partial charge < -0.3 is 27.2 Å². The van der Waals surface area contributed by atoms with Crippen molar-refractivity contribution >= 4 is 29.3 Å². The number of benzene rings is 1. The minimum absolute atomic E-state index is 0.0273. The zero-order valence-corrected chi connectivity index (χ0v) is 11.1. The Kier molecular flexibility index (Phi) is 4.18. The summed E-state index contributed by atoms with van der Waals surface area (Å²) >= 11 is 0. The van der Waals surface area contributed by atoms with E-state index in [1.54, 1.807) is 0 Å². The standard InChI is InChI=1S/C12H16N4O4/c1-12(2,16-11(19)20)10(18)15-7-5-3-4-6(8(7)13)9(14)17/h3-5,16H,13H2,1-2H3,(H2,14,17)(H,15,18)(H,19,20). The monoisotopic (exact) mass is 280 g/mol. The quantitative estimate of drug-likeness (QED) is 0.505. The van der Waals surface area contributed by atoms with Gasteiger partial charge in [-0.3, -0.25) is 9.59 Å². The average Bonchev–Trinajstić information content (AvgIpc) is 2.29. The zero-order valence-electron chi connectivity index (χ0n) is 11.1. The smallest absolute Gasteiger partial charge is 0.405 e. The number of nitrogens with two attached hydrogens (primary N) is 2. The zero-order chi connectivity index (χ0) is 15.5. The van der Waals surface area contributed by atoms with E-state index in [-0.39, 0.29) is 16.9 Å². The summed E-state index contributed by atoms with van der Waals surface area (Å²) in [7, 11) is 0. The molecule has 0 aromatic heterocycles. The van der Waals surface area contributed by atoms with Crippen LogP contribution in [0.1, 0.15) is 24.2 Å². The third-order valence-electron chi connectivity index (χ3n) is 2.61. The van der Waals surface area contributed by atoms with Gasteiger partial charge in [-0.1, -0.05) is 6.07 Å². The number of primary amides is 1. The normalized spacial score (nSPS) is 10.7. The van der Waals surface area contributed by atoms with Crippen molar-refractivity contribution in [3.05, 3.63) is 23.8 Å². The molecule has 8 nitrogen and oxygen atoms in total. The highest BCUT2D eigenvalue weighted by atomic mass is 16.4. The van der Waals surface area contributed by atoms with Crippen LogP contribution in [0.3, 0.4) is 0 Å². The number of hydrogen-bond acceptors (Lipinski definition) is 4. The van der Waals surface area contributed by atoms with Gasteiger partial charge >= 0.3 is 6.09 Å². The fourth-order valence-corrected chi connectivity index (χ4v) is 1.49. The molecule has 7 N–H and O–H groups in total. The van der Waals surface area contributed by atoms with Gasteiger partial charge in [0.2, 0.25) is 5.91 Å². The second kappa shape index (κ2) is 5.47. The van der Waals surface area contributed by atoms with E-state index in [1.807, 2.05) is 0 Å². The van der Waals surface area contributed by atoms with E-state index in [9.17, 15) is 14.4 Å². The van der Waals surface area contributed by atoms with Crippen LogP contribution in [-0.4, -0.2) is 28.6 Å². The highest BCUT2D eigenvalue weighted by Gasteiger charge is 2.30. The van der Waals surface area contributed by atoms with Crippen LogP contribution in [0, 0.1) is 0 Å². The van der Waals surface area contributed by atoms with Crippen molar-refractivity contribution in [3.8, 4) is 0 Å². The Balaban J connectivity index is 3.00. The summed E-state index contributed by atoms with van der Waals surface area (Å²) in [6.45, 7) is 2.79. The number of carbonyl (C=O) groups excluding carboxylic acids is 2. The number of nitrogens with one attached hydrogen (secondary N) is 2. The van der Waals surface area contributed by atoms with Crippen LogP contribution in [0.25, 0.3) is 0 Å². The highest BCUT2D eigenvalue weighted by molar-refractivity contribution is 6.05. The van der Waals surface area contributed by atoms with E-state index in [0.717, 1.165) is 0 Å². The summed E-state index contributed by atoms with van der Waals surface area (Å²) in [6.07, 6.45) is -1.33. The lowest BCUT2D eigenvalue weighted by Gasteiger charge is -2.24. The molecule has 20 heavy (non-hydrogen) atoms. The Hall–Kier alpha value is -2.77. The van der Waals surface area contributed by atoms with E-state index in [4.69, 9.17) is 16.6 Å². The number of hydrogen-bond donors (Lipinski definition) is 5. The molecule has 0 heterocycles. The molecule has 0 radical (unpaired) electrons. The lowest BCUT2D eigenvalue weighted by molar-refractivity contribution is -0.121. The largest absolute Gasteiger partial charge is 0.465 e. The van der Waals surface area contributed by atoms with Gasteiger partial charge in [0.15, 0.2) is 0 Å². The summed E-state index contributed by atoms with van der Waals surface area (Å²) in [5.74, 6) is -1.34. The van der Waals surface area contributed by atoms with Gasteiger partial charge in [-0.15, -0.1) is 0 Å². The first kappa shape index (κ1) is 15.3. The molecular weight excluding hydrogens is 264 g/mol. The summed E-state index contributed by atoms with van der Waals surface area (Å²) in [5.41, 5.74) is 9.80. The average molecular weight is 280 g/mol. The fraction of sp³-hybridized carbons (Fsp3) is 0.250. The Bertz CT molecular complexity index is 569. The number of nitrogen functional groups attached to an aromatic ring is 1. The predicted octanol–water partition coefficient (Wildman–Crippen LogP) is 0.352. The molecule has 0 aliphatic heterocycles.